The Hall–Kier alpha value is -0.570. The number of fused-ring (bicyclic) bond motifs is 2. The molecule has 3 rings (SSSR count). The lowest BCUT2D eigenvalue weighted by Gasteiger charge is -2.27. The summed E-state index contributed by atoms with van der Waals surface area (Å²) in [6.07, 6.45) is 3.40. The van der Waals surface area contributed by atoms with Crippen LogP contribution in [0, 0.1) is 17.8 Å². The van der Waals surface area contributed by atoms with Crippen molar-refractivity contribution < 1.29 is 4.79 Å². The number of carbonyl (C=O) groups is 1. The van der Waals surface area contributed by atoms with Crippen LogP contribution in [-0.4, -0.2) is 11.8 Å². The Bertz CT molecular complexity index is 501. The van der Waals surface area contributed by atoms with Crippen molar-refractivity contribution in [2.45, 2.75) is 25.3 Å². The van der Waals surface area contributed by atoms with Gasteiger partial charge in [-0.05, 0) is 49.3 Å². The van der Waals surface area contributed by atoms with E-state index in [1.807, 2.05) is 0 Å². The molecule has 0 aliphatic heterocycles. The monoisotopic (exact) mass is 283 g/mol. The van der Waals surface area contributed by atoms with Crippen molar-refractivity contribution in [3.8, 4) is 0 Å². The van der Waals surface area contributed by atoms with Crippen LogP contribution in [0.3, 0.4) is 0 Å². The highest BCUT2D eigenvalue weighted by molar-refractivity contribution is 6.36. The second-order valence-electron chi connectivity index (χ2n) is 5.42. The topological polar surface area (TPSA) is 43.1 Å². The van der Waals surface area contributed by atoms with Gasteiger partial charge in [-0.25, -0.2) is 0 Å². The number of halogens is 2. The largest absolute Gasteiger partial charge is 0.327 e. The summed E-state index contributed by atoms with van der Waals surface area (Å²) in [5.41, 5.74) is 6.76. The molecule has 0 heterocycles. The van der Waals surface area contributed by atoms with Crippen LogP contribution in [0.4, 0.5) is 0 Å². The lowest BCUT2D eigenvalue weighted by Crippen LogP contribution is -2.40. The summed E-state index contributed by atoms with van der Waals surface area (Å²) < 4.78 is 0. The molecular weight excluding hydrogens is 269 g/mol. The number of hydrogen-bond acceptors (Lipinski definition) is 2. The molecule has 2 aliphatic carbocycles. The fourth-order valence-electron chi connectivity index (χ4n) is 3.59. The van der Waals surface area contributed by atoms with E-state index in [4.69, 9.17) is 28.9 Å². The van der Waals surface area contributed by atoms with E-state index in [0.717, 1.165) is 12.8 Å². The number of nitrogens with two attached hydrogens (primary N) is 1. The fourth-order valence-corrected chi connectivity index (χ4v) is 4.10. The van der Waals surface area contributed by atoms with Crippen LogP contribution in [-0.2, 0) is 0 Å². The van der Waals surface area contributed by atoms with E-state index in [2.05, 4.69) is 0 Å². The summed E-state index contributed by atoms with van der Waals surface area (Å²) in [4.78, 5) is 12.6. The number of carbonyl (C=O) groups excluding carboxylic acids is 1. The van der Waals surface area contributed by atoms with Crippen LogP contribution < -0.4 is 5.73 Å². The second-order valence-corrected chi connectivity index (χ2v) is 6.27. The normalized spacial score (nSPS) is 33.9. The predicted molar refractivity (Wildman–Crippen MR) is 73.1 cm³/mol. The number of hydrogen-bond donors (Lipinski definition) is 1. The van der Waals surface area contributed by atoms with Crippen molar-refractivity contribution in [1.29, 1.82) is 0 Å². The molecule has 0 spiro atoms. The van der Waals surface area contributed by atoms with E-state index >= 15 is 0 Å². The number of Topliss-reactive ketones (excluding diaryl/α,β-unsaturated/α-hetero) is 1. The Balaban J connectivity index is 1.91. The molecule has 0 saturated heterocycles. The molecule has 2 nitrogen and oxygen atoms in total. The first-order chi connectivity index (χ1) is 8.58. The molecule has 4 heteroatoms. The average Bonchev–Trinajstić information content (AvgIpc) is 2.88. The highest BCUT2D eigenvalue weighted by atomic mass is 35.5. The summed E-state index contributed by atoms with van der Waals surface area (Å²) in [5, 5.41) is 0.983. The van der Waals surface area contributed by atoms with Crippen LogP contribution in [0.5, 0.6) is 0 Å². The smallest absolute Gasteiger partial charge is 0.169 e. The lowest BCUT2D eigenvalue weighted by atomic mass is 9.80. The van der Waals surface area contributed by atoms with Crippen molar-refractivity contribution in [1.82, 2.24) is 0 Å². The van der Waals surface area contributed by atoms with Crippen molar-refractivity contribution in [3.05, 3.63) is 33.8 Å². The Kier molecular flexibility index (Phi) is 3.13. The Morgan fingerprint density at radius 3 is 2.56 bits per heavy atom. The number of benzene rings is 1. The first-order valence-electron chi connectivity index (χ1n) is 6.33. The third-order valence-electron chi connectivity index (χ3n) is 4.48. The third kappa shape index (κ3) is 1.87. The minimum atomic E-state index is -0.0533. The fraction of sp³-hybridized carbons (Fsp3) is 0.500. The molecule has 0 aromatic heterocycles. The Labute approximate surface area is 116 Å². The minimum Gasteiger partial charge on any atom is -0.327 e. The second kappa shape index (κ2) is 4.52. The zero-order valence-corrected chi connectivity index (χ0v) is 11.4. The van der Waals surface area contributed by atoms with Gasteiger partial charge < -0.3 is 5.73 Å². The van der Waals surface area contributed by atoms with Gasteiger partial charge in [0, 0.05) is 22.5 Å². The number of ketones is 1. The Morgan fingerprint density at radius 2 is 1.94 bits per heavy atom. The highest BCUT2D eigenvalue weighted by Gasteiger charge is 2.49. The van der Waals surface area contributed by atoms with E-state index < -0.39 is 0 Å². The molecule has 0 radical (unpaired) electrons. The maximum absolute atomic E-state index is 12.6. The quantitative estimate of drug-likeness (QED) is 0.844. The average molecular weight is 284 g/mol. The van der Waals surface area contributed by atoms with Crippen LogP contribution in [0.2, 0.25) is 10.0 Å². The summed E-state index contributed by atoms with van der Waals surface area (Å²) in [6.45, 7) is 0. The lowest BCUT2D eigenvalue weighted by molar-refractivity contribution is 0.0856. The van der Waals surface area contributed by atoms with Crippen molar-refractivity contribution in [2.75, 3.05) is 0 Å². The standard InChI is InChI=1S/C14H15Cl2NO/c15-9-3-4-10(11(16)6-9)14(18)12-7-1-2-8(5-7)13(12)17/h3-4,6-8,12-13H,1-2,5,17H2. The highest BCUT2D eigenvalue weighted by Crippen LogP contribution is 2.49. The molecule has 2 bridgehead atoms. The van der Waals surface area contributed by atoms with E-state index in [-0.39, 0.29) is 17.7 Å². The Morgan fingerprint density at radius 1 is 1.22 bits per heavy atom. The maximum atomic E-state index is 12.6. The van der Waals surface area contributed by atoms with Gasteiger partial charge in [0.2, 0.25) is 0 Å². The maximum Gasteiger partial charge on any atom is 0.169 e. The third-order valence-corrected chi connectivity index (χ3v) is 5.03. The van der Waals surface area contributed by atoms with Gasteiger partial charge in [0.15, 0.2) is 5.78 Å². The van der Waals surface area contributed by atoms with Gasteiger partial charge in [-0.1, -0.05) is 23.2 Å². The molecule has 2 fully saturated rings. The zero-order valence-electron chi connectivity index (χ0n) is 9.90. The van der Waals surface area contributed by atoms with Crippen molar-refractivity contribution in [3.63, 3.8) is 0 Å². The van der Waals surface area contributed by atoms with E-state index in [9.17, 15) is 4.79 Å². The van der Waals surface area contributed by atoms with Gasteiger partial charge in [0.05, 0.1) is 5.02 Å². The molecule has 2 aliphatic rings. The number of rotatable bonds is 2. The zero-order chi connectivity index (χ0) is 12.9. The molecule has 4 atom stereocenters. The van der Waals surface area contributed by atoms with Crippen LogP contribution in [0.25, 0.3) is 0 Å². The van der Waals surface area contributed by atoms with Gasteiger partial charge in [0.25, 0.3) is 0 Å². The van der Waals surface area contributed by atoms with E-state index in [1.165, 1.54) is 6.42 Å². The molecule has 1 aromatic rings. The molecule has 1 aromatic carbocycles. The molecule has 2 N–H and O–H groups in total. The summed E-state index contributed by atoms with van der Waals surface area (Å²) in [7, 11) is 0. The van der Waals surface area contributed by atoms with E-state index in [0.29, 0.717) is 27.4 Å². The SMILES string of the molecule is NC1C2CCC(C2)C1C(=O)c1ccc(Cl)cc1Cl. The van der Waals surface area contributed by atoms with Crippen molar-refractivity contribution in [2.24, 2.45) is 23.5 Å². The first kappa shape index (κ1) is 12.5. The molecule has 96 valence electrons. The van der Waals surface area contributed by atoms with Crippen molar-refractivity contribution >= 4 is 29.0 Å². The summed E-state index contributed by atoms with van der Waals surface area (Å²) in [6, 6.07) is 5.04. The molecule has 0 amide bonds. The first-order valence-corrected chi connectivity index (χ1v) is 7.08. The summed E-state index contributed by atoms with van der Waals surface area (Å²) >= 11 is 12.0. The van der Waals surface area contributed by atoms with Crippen LogP contribution >= 0.6 is 23.2 Å². The predicted octanol–water partition coefficient (Wildman–Crippen LogP) is 3.55. The van der Waals surface area contributed by atoms with Gasteiger partial charge in [-0.15, -0.1) is 0 Å². The minimum absolute atomic E-state index is 0.00277. The molecule has 2 saturated carbocycles. The van der Waals surface area contributed by atoms with E-state index in [1.54, 1.807) is 18.2 Å². The van der Waals surface area contributed by atoms with Gasteiger partial charge in [-0.3, -0.25) is 4.79 Å². The molecular formula is C14H15Cl2NO. The van der Waals surface area contributed by atoms with Gasteiger partial charge in [-0.2, -0.15) is 0 Å². The molecule has 18 heavy (non-hydrogen) atoms. The summed E-state index contributed by atoms with van der Waals surface area (Å²) in [5.74, 6) is 1.01. The van der Waals surface area contributed by atoms with Crippen LogP contribution in [0.1, 0.15) is 29.6 Å². The van der Waals surface area contributed by atoms with Crippen LogP contribution in [0.15, 0.2) is 18.2 Å². The van der Waals surface area contributed by atoms with Gasteiger partial charge >= 0.3 is 0 Å². The van der Waals surface area contributed by atoms with Gasteiger partial charge in [0.1, 0.15) is 0 Å². The molecule has 4 unspecified atom stereocenters.